The summed E-state index contributed by atoms with van der Waals surface area (Å²) in [5, 5.41) is 0.853. The van der Waals surface area contributed by atoms with Gasteiger partial charge in [-0.05, 0) is 48.2 Å². The van der Waals surface area contributed by atoms with Crippen LogP contribution >= 0.6 is 15.9 Å². The fourth-order valence-corrected chi connectivity index (χ4v) is 1.98. The van der Waals surface area contributed by atoms with Gasteiger partial charge in [0.05, 0.1) is 6.61 Å². The zero-order valence-electron chi connectivity index (χ0n) is 10.7. The Morgan fingerprint density at radius 1 is 0.889 bits per heavy atom. The van der Waals surface area contributed by atoms with E-state index in [4.69, 9.17) is 4.74 Å². The van der Waals surface area contributed by atoms with Crippen molar-refractivity contribution in [1.29, 1.82) is 0 Å². The van der Waals surface area contributed by atoms with Gasteiger partial charge >= 0.3 is 0 Å². The monoisotopic (exact) mass is 304 g/mol. The second-order valence-electron chi connectivity index (χ2n) is 4.36. The van der Waals surface area contributed by atoms with Crippen molar-refractivity contribution in [3.63, 3.8) is 0 Å². The van der Waals surface area contributed by atoms with Gasteiger partial charge in [-0.25, -0.2) is 0 Å². The number of rotatable bonds is 4. The zero-order valence-corrected chi connectivity index (χ0v) is 12.3. The number of hydrogen-bond acceptors (Lipinski definition) is 1. The summed E-state index contributed by atoms with van der Waals surface area (Å²) < 4.78 is 5.54. The lowest BCUT2D eigenvalue weighted by Gasteiger charge is -2.07. The van der Waals surface area contributed by atoms with Crippen molar-refractivity contribution in [2.75, 3.05) is 11.9 Å². The molecule has 0 atom stereocenters. The molecule has 0 heterocycles. The maximum Gasteiger partial charge on any atom is 0.119 e. The Morgan fingerprint density at radius 3 is 2.17 bits per heavy atom. The molecule has 0 saturated carbocycles. The molecule has 2 aromatic carbocycles. The van der Waals surface area contributed by atoms with Gasteiger partial charge in [-0.15, -0.1) is 0 Å². The molecule has 0 radical (unpaired) electrons. The summed E-state index contributed by atoms with van der Waals surface area (Å²) in [6.07, 6.45) is 0. The van der Waals surface area contributed by atoms with Gasteiger partial charge in [0.25, 0.3) is 0 Å². The van der Waals surface area contributed by atoms with E-state index in [1.54, 1.807) is 0 Å². The van der Waals surface area contributed by atoms with Crippen LogP contribution in [0.1, 0.15) is 11.1 Å². The van der Waals surface area contributed by atoms with Crippen molar-refractivity contribution in [2.45, 2.75) is 13.8 Å². The van der Waals surface area contributed by atoms with Crippen LogP contribution in [0.5, 0.6) is 5.75 Å². The first kappa shape index (κ1) is 13.2. The molecule has 2 heteroatoms. The highest BCUT2D eigenvalue weighted by Gasteiger charge is 2.00. The molecule has 1 nitrogen and oxygen atoms in total. The molecule has 0 aliphatic rings. The Balaban J connectivity index is 2.20. The fraction of sp³-hybridized carbons (Fsp3) is 0.250. The predicted molar refractivity (Wildman–Crippen MR) is 80.6 cm³/mol. The van der Waals surface area contributed by atoms with E-state index in [9.17, 15) is 0 Å². The van der Waals surface area contributed by atoms with Crippen molar-refractivity contribution in [1.82, 2.24) is 0 Å². The molecular formula is C16H17BrO. The van der Waals surface area contributed by atoms with E-state index in [0.29, 0.717) is 6.61 Å². The predicted octanol–water partition coefficient (Wildman–Crippen LogP) is 4.74. The first-order chi connectivity index (χ1) is 8.70. The van der Waals surface area contributed by atoms with Crippen LogP contribution in [0.3, 0.4) is 0 Å². The average Bonchev–Trinajstić information content (AvgIpc) is 2.40. The molecule has 2 aromatic rings. The van der Waals surface area contributed by atoms with Crippen molar-refractivity contribution in [3.05, 3.63) is 53.6 Å². The lowest BCUT2D eigenvalue weighted by atomic mass is 10.0. The highest BCUT2D eigenvalue weighted by molar-refractivity contribution is 9.09. The van der Waals surface area contributed by atoms with E-state index in [1.807, 2.05) is 12.1 Å². The van der Waals surface area contributed by atoms with Gasteiger partial charge in [0.1, 0.15) is 5.75 Å². The summed E-state index contributed by atoms with van der Waals surface area (Å²) in [4.78, 5) is 0. The van der Waals surface area contributed by atoms with E-state index in [1.165, 1.54) is 22.3 Å². The maximum atomic E-state index is 5.54. The molecule has 18 heavy (non-hydrogen) atoms. The number of hydrogen-bond donors (Lipinski definition) is 0. The Morgan fingerprint density at radius 2 is 1.56 bits per heavy atom. The third-order valence-electron chi connectivity index (χ3n) is 3.04. The summed E-state index contributed by atoms with van der Waals surface area (Å²) >= 11 is 3.35. The van der Waals surface area contributed by atoms with Gasteiger partial charge in [-0.3, -0.25) is 0 Å². The summed E-state index contributed by atoms with van der Waals surface area (Å²) in [5.74, 6) is 0.919. The van der Waals surface area contributed by atoms with E-state index >= 15 is 0 Å². The van der Waals surface area contributed by atoms with Crippen molar-refractivity contribution >= 4 is 15.9 Å². The van der Waals surface area contributed by atoms with Gasteiger partial charge < -0.3 is 4.74 Å². The van der Waals surface area contributed by atoms with Gasteiger partial charge in [0, 0.05) is 5.33 Å². The van der Waals surface area contributed by atoms with Crippen molar-refractivity contribution < 1.29 is 4.74 Å². The summed E-state index contributed by atoms with van der Waals surface area (Å²) in [6.45, 7) is 4.98. The normalized spacial score (nSPS) is 10.4. The van der Waals surface area contributed by atoms with Crippen LogP contribution in [-0.4, -0.2) is 11.9 Å². The van der Waals surface area contributed by atoms with E-state index < -0.39 is 0 Å². The molecule has 0 unspecified atom stereocenters. The Hall–Kier alpha value is -1.28. The first-order valence-corrected chi connectivity index (χ1v) is 7.19. The van der Waals surface area contributed by atoms with Gasteiger partial charge in [0.15, 0.2) is 0 Å². The van der Waals surface area contributed by atoms with Crippen LogP contribution in [0, 0.1) is 13.8 Å². The SMILES string of the molecule is Cc1ccc(-c2ccc(OCCBr)cc2)cc1C. The molecular weight excluding hydrogens is 288 g/mol. The molecule has 2 rings (SSSR count). The number of benzene rings is 2. The molecule has 0 bridgehead atoms. The van der Waals surface area contributed by atoms with Crippen molar-refractivity contribution in [3.8, 4) is 16.9 Å². The third-order valence-corrected chi connectivity index (χ3v) is 3.36. The molecule has 0 spiro atoms. The van der Waals surface area contributed by atoms with E-state index in [0.717, 1.165) is 11.1 Å². The average molecular weight is 305 g/mol. The lowest BCUT2D eigenvalue weighted by molar-refractivity contribution is 0.345. The zero-order chi connectivity index (χ0) is 13.0. The van der Waals surface area contributed by atoms with Crippen LogP contribution in [0.25, 0.3) is 11.1 Å². The first-order valence-electron chi connectivity index (χ1n) is 6.07. The lowest BCUT2D eigenvalue weighted by Crippen LogP contribution is -1.97. The minimum absolute atomic E-state index is 0.697. The minimum Gasteiger partial charge on any atom is -0.493 e. The van der Waals surface area contributed by atoms with Crippen LogP contribution in [0.4, 0.5) is 0 Å². The molecule has 0 amide bonds. The Labute approximate surface area is 117 Å². The maximum absolute atomic E-state index is 5.54. The highest BCUT2D eigenvalue weighted by Crippen LogP contribution is 2.24. The largest absolute Gasteiger partial charge is 0.493 e. The van der Waals surface area contributed by atoms with Crippen LogP contribution in [0.15, 0.2) is 42.5 Å². The minimum atomic E-state index is 0.697. The van der Waals surface area contributed by atoms with Crippen LogP contribution in [-0.2, 0) is 0 Å². The quantitative estimate of drug-likeness (QED) is 0.741. The van der Waals surface area contributed by atoms with E-state index in [-0.39, 0.29) is 0 Å². The highest BCUT2D eigenvalue weighted by atomic mass is 79.9. The molecule has 0 fully saturated rings. The number of ether oxygens (including phenoxy) is 1. The topological polar surface area (TPSA) is 9.23 Å². The van der Waals surface area contributed by atoms with Gasteiger partial charge in [0.2, 0.25) is 0 Å². The Kier molecular flexibility index (Phi) is 4.43. The molecule has 0 aliphatic heterocycles. The second kappa shape index (κ2) is 6.05. The van der Waals surface area contributed by atoms with Crippen LogP contribution < -0.4 is 4.74 Å². The molecule has 0 saturated heterocycles. The van der Waals surface area contributed by atoms with E-state index in [2.05, 4.69) is 60.1 Å². The smallest absolute Gasteiger partial charge is 0.119 e. The standard InChI is InChI=1S/C16H17BrO/c1-12-3-4-15(11-13(12)2)14-5-7-16(8-6-14)18-10-9-17/h3-8,11H,9-10H2,1-2H3. The molecule has 94 valence electrons. The molecule has 0 aromatic heterocycles. The van der Waals surface area contributed by atoms with Crippen LogP contribution in [0.2, 0.25) is 0 Å². The second-order valence-corrected chi connectivity index (χ2v) is 5.15. The number of alkyl halides is 1. The fourth-order valence-electron chi connectivity index (χ4n) is 1.82. The van der Waals surface area contributed by atoms with Gasteiger partial charge in [-0.1, -0.05) is 46.3 Å². The Bertz CT molecular complexity index is 517. The van der Waals surface area contributed by atoms with Crippen molar-refractivity contribution in [2.24, 2.45) is 0 Å². The number of aryl methyl sites for hydroxylation is 2. The molecule has 0 N–H and O–H groups in total. The molecule has 0 aliphatic carbocycles. The summed E-state index contributed by atoms with van der Waals surface area (Å²) in [6, 6.07) is 14.8. The van der Waals surface area contributed by atoms with Gasteiger partial charge in [-0.2, -0.15) is 0 Å². The summed E-state index contributed by atoms with van der Waals surface area (Å²) in [5.41, 5.74) is 5.14. The number of halogens is 1. The third kappa shape index (κ3) is 3.14. The summed E-state index contributed by atoms with van der Waals surface area (Å²) in [7, 11) is 0.